The Morgan fingerprint density at radius 2 is 0.748 bits per heavy atom. The van der Waals surface area contributed by atoms with Crippen LogP contribution < -0.4 is 9.80 Å². The van der Waals surface area contributed by atoms with E-state index in [-0.39, 0.29) is 16.2 Å². The molecule has 0 radical (unpaired) electrons. The van der Waals surface area contributed by atoms with E-state index in [0.29, 0.717) is 5.92 Å². The van der Waals surface area contributed by atoms with Crippen LogP contribution in [0.4, 0.5) is 34.1 Å². The van der Waals surface area contributed by atoms with Crippen molar-refractivity contribution in [3.05, 3.63) is 433 Å². The minimum Gasteiger partial charge on any atom is -0.455 e. The Balaban J connectivity index is 0.000000141. The van der Waals surface area contributed by atoms with E-state index >= 15 is 0 Å². The second-order valence-electron chi connectivity index (χ2n) is 38.3. The van der Waals surface area contributed by atoms with E-state index in [2.05, 4.69) is 457 Å². The Morgan fingerprint density at radius 1 is 0.260 bits per heavy atom. The van der Waals surface area contributed by atoms with Crippen LogP contribution in [-0.4, -0.2) is 4.57 Å². The molecule has 5 heteroatoms. The van der Waals surface area contributed by atoms with Crippen LogP contribution in [0.2, 0.25) is 0 Å². The molecule has 1 fully saturated rings. The number of rotatable bonds is 12. The average molecular weight is 1690 g/mol. The summed E-state index contributed by atoms with van der Waals surface area (Å²) in [7, 11) is 2.18. The summed E-state index contributed by atoms with van der Waals surface area (Å²) in [6.45, 7) is 14.3. The summed E-state index contributed by atoms with van der Waals surface area (Å²) in [4.78, 5) is 4.84. The van der Waals surface area contributed by atoms with Crippen molar-refractivity contribution < 1.29 is 8.83 Å². The van der Waals surface area contributed by atoms with Gasteiger partial charge in [0.25, 0.3) is 0 Å². The summed E-state index contributed by atoms with van der Waals surface area (Å²) >= 11 is 0. The Kier molecular flexibility index (Phi) is 18.0. The van der Waals surface area contributed by atoms with E-state index in [1.54, 1.807) is 0 Å². The maximum absolute atomic E-state index is 7.38. The van der Waals surface area contributed by atoms with Gasteiger partial charge in [-0.15, -0.1) is 0 Å². The van der Waals surface area contributed by atoms with Crippen LogP contribution >= 0.6 is 0 Å². The molecule has 3 aromatic heterocycles. The molecule has 4 aliphatic carbocycles. The van der Waals surface area contributed by atoms with E-state index in [1.165, 1.54) is 204 Å². The Bertz CT molecular complexity index is 8400. The van der Waals surface area contributed by atoms with Crippen molar-refractivity contribution in [1.82, 2.24) is 4.57 Å². The van der Waals surface area contributed by atoms with Crippen LogP contribution in [0.3, 0.4) is 0 Å². The molecule has 0 saturated heterocycles. The van der Waals surface area contributed by atoms with Crippen molar-refractivity contribution in [1.29, 1.82) is 0 Å². The molecule has 0 N–H and O–H groups in total. The largest absolute Gasteiger partial charge is 0.455 e. The lowest BCUT2D eigenvalue weighted by atomic mass is 9.78. The number of fused-ring (bicyclic) bond motifs is 23. The van der Waals surface area contributed by atoms with Crippen molar-refractivity contribution in [3.8, 4) is 89.0 Å². The highest BCUT2D eigenvalue weighted by atomic mass is 16.3. The summed E-state index contributed by atoms with van der Waals surface area (Å²) in [5.74, 6) is 0.653. The first-order chi connectivity index (χ1) is 64.2. The molecule has 0 spiro atoms. The second kappa shape index (κ2) is 30.2. The smallest absolute Gasteiger partial charge is 0.144 e. The van der Waals surface area contributed by atoms with E-state index in [4.69, 9.17) is 8.83 Å². The molecule has 22 aromatic rings. The fourth-order valence-corrected chi connectivity index (χ4v) is 23.5. The second-order valence-corrected chi connectivity index (χ2v) is 38.3. The lowest BCUT2D eigenvalue weighted by Gasteiger charge is -2.30. The van der Waals surface area contributed by atoms with E-state index in [1.807, 2.05) is 0 Å². The topological polar surface area (TPSA) is 37.7 Å². The van der Waals surface area contributed by atoms with Gasteiger partial charge in [-0.2, -0.15) is 0 Å². The summed E-state index contributed by atoms with van der Waals surface area (Å²) in [6.07, 6.45) is 6.61. The highest BCUT2D eigenvalue weighted by Gasteiger charge is 2.44. The predicted molar refractivity (Wildman–Crippen MR) is 551 cm³/mol. The van der Waals surface area contributed by atoms with Crippen molar-refractivity contribution >= 4 is 121 Å². The van der Waals surface area contributed by atoms with Gasteiger partial charge in [0.15, 0.2) is 0 Å². The average Bonchev–Trinajstić information content (AvgIpc) is 1.57. The maximum Gasteiger partial charge on any atom is 0.144 e. The number of anilines is 6. The summed E-state index contributed by atoms with van der Waals surface area (Å²) < 4.78 is 16.6. The van der Waals surface area contributed by atoms with E-state index < -0.39 is 0 Å². The van der Waals surface area contributed by atoms with E-state index in [0.717, 1.165) is 77.8 Å². The molecule has 1 saturated carbocycles. The molecule has 628 valence electrons. The number of nitrogens with zero attached hydrogens (tertiary/aromatic N) is 3. The zero-order valence-corrected chi connectivity index (χ0v) is 74.8. The first-order valence-electron chi connectivity index (χ1n) is 46.7. The lowest BCUT2D eigenvalue weighted by molar-refractivity contribution is 0.443. The molecule has 19 aromatic carbocycles. The molecule has 0 atom stereocenters. The third kappa shape index (κ3) is 12.3. The van der Waals surface area contributed by atoms with Crippen molar-refractivity contribution in [2.75, 3.05) is 9.80 Å². The van der Waals surface area contributed by atoms with Gasteiger partial charge in [0, 0.05) is 117 Å². The quantitative estimate of drug-likeness (QED) is 0.114. The first-order valence-corrected chi connectivity index (χ1v) is 46.7. The van der Waals surface area contributed by atoms with Gasteiger partial charge in [0.2, 0.25) is 0 Å². The summed E-state index contributed by atoms with van der Waals surface area (Å²) in [5, 5.41) is 12.2. The number of furan rings is 2. The molecule has 26 rings (SSSR count). The molecule has 131 heavy (non-hydrogen) atoms. The molecule has 0 unspecified atom stereocenters. The van der Waals surface area contributed by atoms with Crippen LogP contribution in [0.5, 0.6) is 0 Å². The van der Waals surface area contributed by atoms with Gasteiger partial charge in [-0.25, -0.2) is 0 Å². The fraction of sp³-hybridized carbons (Fsp3) is 0.127. The molecule has 4 aliphatic rings. The predicted octanol–water partition coefficient (Wildman–Crippen LogP) is 35.4. The Morgan fingerprint density at radius 3 is 1.46 bits per heavy atom. The van der Waals surface area contributed by atoms with Gasteiger partial charge in [-0.3, -0.25) is 0 Å². The Labute approximate surface area is 764 Å². The van der Waals surface area contributed by atoms with Crippen LogP contribution in [0.25, 0.3) is 176 Å². The molecule has 0 bridgehead atoms. The van der Waals surface area contributed by atoms with Crippen molar-refractivity contribution in [3.63, 3.8) is 0 Å². The minimum atomic E-state index is -0.338. The zero-order chi connectivity index (χ0) is 87.7. The maximum atomic E-state index is 7.38. The number of aryl methyl sites for hydroxylation is 1. The third-order valence-corrected chi connectivity index (χ3v) is 30.0. The highest BCUT2D eigenvalue weighted by Crippen LogP contribution is 2.61. The molecular formula is C126H97N3O2. The van der Waals surface area contributed by atoms with Crippen molar-refractivity contribution in [2.45, 2.75) is 95.8 Å². The number of aromatic nitrogens is 1. The van der Waals surface area contributed by atoms with Gasteiger partial charge in [-0.05, 0) is 267 Å². The normalized spacial score (nSPS) is 14.4. The summed E-state index contributed by atoms with van der Waals surface area (Å²) in [5.41, 5.74) is 41.4. The number of hydrogen-bond acceptors (Lipinski definition) is 4. The zero-order valence-electron chi connectivity index (χ0n) is 74.8. The van der Waals surface area contributed by atoms with E-state index in [9.17, 15) is 0 Å². The molecule has 0 aliphatic heterocycles. The highest BCUT2D eigenvalue weighted by molar-refractivity contribution is 6.24. The van der Waals surface area contributed by atoms with Gasteiger partial charge >= 0.3 is 0 Å². The molecule has 3 heterocycles. The van der Waals surface area contributed by atoms with Crippen LogP contribution in [0, 0.1) is 0 Å². The SMILES string of the molecule is CC1(C)c2ccccc2-c2c1cc(-c1cc3ccccc3c3ccccc13)c1c2oc2c(-c3ccc(N(c4ccccc4)c4ccc(-c5ccccc5-c5ccccc5)cc4)cc3)cccc21.Cn1c2ccccc2c2cc(-c3cc4c(oc5ccccc54)c4c3C(C)(C)c3cc(N(c5ccc(C6CCCCC6)cc5)c5ccc6c(c5)C(C)(C)c5ccccc5-6)ccc3-4)ccc21. The number of hydrogen-bond donors (Lipinski definition) is 0. The monoisotopic (exact) mass is 1680 g/mol. The molecular weight excluding hydrogens is 1590 g/mol. The van der Waals surface area contributed by atoms with Gasteiger partial charge in [0.05, 0.1) is 0 Å². The lowest BCUT2D eigenvalue weighted by Crippen LogP contribution is -2.18. The standard InChI is InChI=1S/C65H45NO.C61H52N2O/c1-65(2)59-31-16-15-28-55(59)62-60(65)41-58(57-40-45-20-9-10-25-51(45)53-26-13-14-27-54(53)57)61-56-30-17-29-52(63(56)67-64(61)62)44-34-38-48(39-35-44)66(46-21-7-4-8-22-46)47-36-32-43(33-37-47)50-24-12-11-23-49(50)42-18-5-3-6-19-42;1-60(2)51-20-12-9-17-43(51)44-30-28-41(34-52(44)60)63(40-26-23-38(24-27-40)37-15-7-6-8-16-37)42-29-31-47-53(35-42)61(3,4)58-48(36-50-46-19-11-14-22-56(46)64-59(50)57(47)58)39-25-32-55-49(33-39)45-18-10-13-21-54(45)62(55)5/h3-41H,1-2H3;9-14,17-37H,6-8,15-16H2,1-5H3. The Hall–Kier alpha value is -15.3. The summed E-state index contributed by atoms with van der Waals surface area (Å²) in [6, 6.07) is 146. The fourth-order valence-electron chi connectivity index (χ4n) is 23.5. The number of benzene rings is 19. The molecule has 0 amide bonds. The van der Waals surface area contributed by atoms with Crippen LogP contribution in [0.1, 0.15) is 119 Å². The van der Waals surface area contributed by atoms with Crippen molar-refractivity contribution in [2.24, 2.45) is 7.05 Å². The van der Waals surface area contributed by atoms with Crippen LogP contribution in [-0.2, 0) is 23.3 Å². The third-order valence-electron chi connectivity index (χ3n) is 30.0. The van der Waals surface area contributed by atoms with Crippen LogP contribution in [0.15, 0.2) is 403 Å². The van der Waals surface area contributed by atoms with Gasteiger partial charge in [0.1, 0.15) is 22.3 Å². The van der Waals surface area contributed by atoms with Gasteiger partial charge in [-0.1, -0.05) is 340 Å². The minimum absolute atomic E-state index is 0.108. The van der Waals surface area contributed by atoms with Gasteiger partial charge < -0.3 is 23.2 Å². The molecule has 5 nitrogen and oxygen atoms in total. The number of para-hydroxylation sites is 4. The first kappa shape index (κ1) is 78.0.